The first-order valence-corrected chi connectivity index (χ1v) is 19.7. The van der Waals surface area contributed by atoms with E-state index in [1.807, 2.05) is 31.1 Å². The van der Waals surface area contributed by atoms with Crippen molar-refractivity contribution in [1.29, 1.82) is 0 Å². The van der Waals surface area contributed by atoms with Crippen LogP contribution in [0.5, 0.6) is 0 Å². The lowest BCUT2D eigenvalue weighted by atomic mass is 9.75. The molecule has 3 heterocycles. The molecule has 2 aliphatic carbocycles. The minimum absolute atomic E-state index is 0.00744. The van der Waals surface area contributed by atoms with E-state index < -0.39 is 31.0 Å². The predicted molar refractivity (Wildman–Crippen MR) is 211 cm³/mol. The van der Waals surface area contributed by atoms with Gasteiger partial charge >= 0.3 is 6.09 Å². The van der Waals surface area contributed by atoms with E-state index in [0.717, 1.165) is 76.9 Å². The third kappa shape index (κ3) is 8.31. The molecule has 5 aliphatic rings. The minimum Gasteiger partial charge on any atom is -0.453 e. The van der Waals surface area contributed by atoms with E-state index in [9.17, 15) is 28.0 Å². The lowest BCUT2D eigenvalue weighted by Crippen LogP contribution is -2.53. The van der Waals surface area contributed by atoms with Gasteiger partial charge in [-0.15, -0.1) is 0 Å². The second kappa shape index (κ2) is 16.9. The van der Waals surface area contributed by atoms with Gasteiger partial charge in [0, 0.05) is 55.0 Å². The highest BCUT2D eigenvalue weighted by Crippen LogP contribution is 2.54. The Kier molecular flexibility index (Phi) is 11.8. The highest BCUT2D eigenvalue weighted by Gasteiger charge is 2.52. The molecule has 0 radical (unpaired) electrons. The molecule has 1 saturated heterocycles. The van der Waals surface area contributed by atoms with Crippen molar-refractivity contribution >= 4 is 46.4 Å². The summed E-state index contributed by atoms with van der Waals surface area (Å²) in [5, 5.41) is 7.55. The fourth-order valence-corrected chi connectivity index (χ4v) is 9.35. The Morgan fingerprint density at radius 3 is 2.02 bits per heavy atom. The molecule has 2 aromatic rings. The van der Waals surface area contributed by atoms with Gasteiger partial charge in [-0.3, -0.25) is 24.4 Å². The van der Waals surface area contributed by atoms with Gasteiger partial charge in [0.1, 0.15) is 6.04 Å². The number of rotatable bonds is 13. The molecule has 3 aliphatic heterocycles. The van der Waals surface area contributed by atoms with Gasteiger partial charge in [0.15, 0.2) is 0 Å². The van der Waals surface area contributed by atoms with Crippen molar-refractivity contribution in [3.05, 3.63) is 72.1 Å². The third-order valence-corrected chi connectivity index (χ3v) is 12.2. The summed E-state index contributed by atoms with van der Waals surface area (Å²) >= 11 is 0. The van der Waals surface area contributed by atoms with E-state index in [-0.39, 0.29) is 48.1 Å². The highest BCUT2D eigenvalue weighted by atomic mass is 19.3. The van der Waals surface area contributed by atoms with Crippen LogP contribution < -0.4 is 16.0 Å². The number of hydrogen-bond acceptors (Lipinski definition) is 7. The van der Waals surface area contributed by atoms with Crippen LogP contribution in [0.25, 0.3) is 22.3 Å². The Hall–Kier alpha value is -5.20. The number of fused-ring (bicyclic) bond motifs is 2. The molecule has 0 aromatic heterocycles. The van der Waals surface area contributed by atoms with Crippen LogP contribution in [0.1, 0.15) is 69.9 Å². The molecule has 0 spiro atoms. The van der Waals surface area contributed by atoms with E-state index in [4.69, 9.17) is 14.7 Å². The number of allylic oxidation sites excluding steroid dienone is 2. The summed E-state index contributed by atoms with van der Waals surface area (Å²) in [6.07, 6.45) is 6.59. The lowest BCUT2D eigenvalue weighted by molar-refractivity contribution is -0.134. The number of hydrogen-bond donors (Lipinski definition) is 3. The zero-order chi connectivity index (χ0) is 39.5. The van der Waals surface area contributed by atoms with E-state index in [1.54, 1.807) is 0 Å². The van der Waals surface area contributed by atoms with Crippen LogP contribution in [0.3, 0.4) is 0 Å². The van der Waals surface area contributed by atoms with Gasteiger partial charge in [0.05, 0.1) is 26.2 Å². The number of halogens is 2. The summed E-state index contributed by atoms with van der Waals surface area (Å²) in [4.78, 5) is 62.2. The van der Waals surface area contributed by atoms with Crippen molar-refractivity contribution in [3.63, 3.8) is 0 Å². The molecular formula is C43H50F2N6O5. The van der Waals surface area contributed by atoms with Gasteiger partial charge in [-0.25, -0.2) is 13.6 Å². The Balaban J connectivity index is 0.928. The van der Waals surface area contributed by atoms with Crippen LogP contribution in [0.2, 0.25) is 0 Å². The van der Waals surface area contributed by atoms with Gasteiger partial charge in [0.2, 0.25) is 17.7 Å². The second-order valence-corrected chi connectivity index (χ2v) is 15.9. The monoisotopic (exact) mass is 768 g/mol. The summed E-state index contributed by atoms with van der Waals surface area (Å²) in [5.41, 5.74) is 8.49. The van der Waals surface area contributed by atoms with Crippen LogP contribution in [0.4, 0.5) is 13.6 Å². The first-order chi connectivity index (χ1) is 27.0. The summed E-state index contributed by atoms with van der Waals surface area (Å²) in [6.45, 7) is 3.40. The molecule has 3 N–H and O–H groups in total. The first-order valence-electron chi connectivity index (χ1n) is 19.7. The smallest absolute Gasteiger partial charge is 0.407 e. The number of likely N-dealkylation sites (tertiary alicyclic amines) is 1. The molecule has 11 nitrogen and oxygen atoms in total. The molecule has 13 heteroatoms. The van der Waals surface area contributed by atoms with Crippen molar-refractivity contribution in [2.24, 2.45) is 39.6 Å². The number of carbonyl (C=O) groups excluding carboxylic acids is 4. The topological polar surface area (TPSA) is 142 Å². The summed E-state index contributed by atoms with van der Waals surface area (Å²) in [6, 6.07) is 16.1. The standard InChI is InChI=1S/C43H50F2N6O5/c1-24(2)40(50-43(55)56-3)42(54)51-16-4-5-35(51)33-18-31(20-46-33)27-10-6-25(7-11-27)26-8-12-28(13-9-26)32-19-34(47-21-32)38-29-14-15-30(17-29)39(38)41(53)49-23-37(52)48-22-36(44)45/h6-13,20-21,24,29-30,35-36,38-40H,4-5,14-19,22-23H2,1-3H3,(H,48,52)(H,49,53)(H,50,55)/t29?,30?,35-,38?,39+,40-/m0/s1. The van der Waals surface area contributed by atoms with Crippen LogP contribution in [-0.4, -0.2) is 85.4 Å². The average molecular weight is 769 g/mol. The zero-order valence-electron chi connectivity index (χ0n) is 32.1. The number of alkyl halides is 2. The molecule has 3 unspecified atom stereocenters. The molecule has 3 fully saturated rings. The SMILES string of the molecule is COC(=O)N[C@H](C(=O)N1CCC[C@H]1C1=NC=C(c2ccc(-c3ccc(C4=CN=C(C5C6CCC(C6)[C@H]5C(=O)NCC(=O)NCC(F)F)C4)cc3)cc2)C1)C(C)C. The van der Waals surface area contributed by atoms with E-state index in [1.165, 1.54) is 7.11 Å². The van der Waals surface area contributed by atoms with Crippen LogP contribution in [0, 0.1) is 29.6 Å². The molecule has 2 saturated carbocycles. The van der Waals surface area contributed by atoms with Gasteiger partial charge in [-0.2, -0.15) is 0 Å². The number of amides is 4. The summed E-state index contributed by atoms with van der Waals surface area (Å²) in [7, 11) is 1.29. The van der Waals surface area contributed by atoms with Crippen molar-refractivity contribution < 1.29 is 32.7 Å². The van der Waals surface area contributed by atoms with E-state index in [2.05, 4.69) is 64.5 Å². The molecule has 6 atom stereocenters. The normalized spacial score (nSPS) is 24.5. The number of carbonyl (C=O) groups is 4. The Bertz CT molecular complexity index is 1960. The highest BCUT2D eigenvalue weighted by molar-refractivity contribution is 6.04. The average Bonchev–Trinajstić information content (AvgIpc) is 4.06. The number of aliphatic imine (C=N–C) groups is 2. The van der Waals surface area contributed by atoms with Gasteiger partial charge < -0.3 is 25.6 Å². The summed E-state index contributed by atoms with van der Waals surface area (Å²) < 4.78 is 29.7. The fraction of sp³-hybridized carbons (Fsp3) is 0.488. The molecule has 7 rings (SSSR count). The van der Waals surface area contributed by atoms with Crippen LogP contribution in [0.15, 0.2) is 70.9 Å². The predicted octanol–water partition coefficient (Wildman–Crippen LogP) is 6.26. The van der Waals surface area contributed by atoms with E-state index >= 15 is 0 Å². The lowest BCUT2D eigenvalue weighted by Gasteiger charge is -2.31. The van der Waals surface area contributed by atoms with E-state index in [0.29, 0.717) is 25.3 Å². The van der Waals surface area contributed by atoms with Gasteiger partial charge in [-0.05, 0) is 83.3 Å². The molecule has 56 heavy (non-hydrogen) atoms. The van der Waals surface area contributed by atoms with Gasteiger partial charge in [-0.1, -0.05) is 62.4 Å². The Morgan fingerprint density at radius 1 is 0.821 bits per heavy atom. The Labute approximate surface area is 326 Å². The van der Waals surface area contributed by atoms with Crippen LogP contribution in [-0.2, 0) is 19.1 Å². The maximum absolute atomic E-state index is 13.6. The zero-order valence-corrected chi connectivity index (χ0v) is 32.1. The minimum atomic E-state index is -2.64. The number of methoxy groups -OCH3 is 1. The van der Waals surface area contributed by atoms with Crippen molar-refractivity contribution in [3.8, 4) is 11.1 Å². The fourth-order valence-electron chi connectivity index (χ4n) is 9.35. The number of alkyl carbamates (subject to hydrolysis) is 1. The quantitative estimate of drug-likeness (QED) is 0.221. The molecular weight excluding hydrogens is 719 g/mol. The third-order valence-electron chi connectivity index (χ3n) is 12.2. The maximum atomic E-state index is 13.6. The molecule has 296 valence electrons. The second-order valence-electron chi connectivity index (χ2n) is 15.9. The van der Waals surface area contributed by atoms with Crippen molar-refractivity contribution in [2.45, 2.75) is 77.3 Å². The Morgan fingerprint density at radius 2 is 1.41 bits per heavy atom. The van der Waals surface area contributed by atoms with Crippen molar-refractivity contribution in [2.75, 3.05) is 26.7 Å². The maximum Gasteiger partial charge on any atom is 0.407 e. The number of nitrogens with one attached hydrogen (secondary N) is 3. The number of nitrogens with zero attached hydrogens (tertiary/aromatic N) is 3. The summed E-state index contributed by atoms with van der Waals surface area (Å²) in [5.74, 6) is -0.669. The largest absolute Gasteiger partial charge is 0.453 e. The van der Waals surface area contributed by atoms with Crippen LogP contribution >= 0.6 is 0 Å². The van der Waals surface area contributed by atoms with Gasteiger partial charge in [0.25, 0.3) is 6.43 Å². The van der Waals surface area contributed by atoms with Crippen molar-refractivity contribution in [1.82, 2.24) is 20.9 Å². The first kappa shape index (κ1) is 39.1. The molecule has 2 bridgehead atoms. The molecule has 4 amide bonds. The molecule has 2 aromatic carbocycles. The number of benzene rings is 2. The number of ether oxygens (including phenoxy) is 1.